The fraction of sp³-hybridized carbons (Fsp3) is 0.333. The first-order chi connectivity index (χ1) is 9.57. The molecule has 1 aromatic carbocycles. The number of hydrogen-bond acceptors (Lipinski definition) is 8. The number of hydrogen-bond donors (Lipinski definition) is 3. The fourth-order valence-corrected chi connectivity index (χ4v) is 3.23. The van der Waals surface area contributed by atoms with Gasteiger partial charge in [-0.3, -0.25) is 16.0 Å². The molecule has 0 aliphatic carbocycles. The largest absolute Gasteiger partial charge is 0.323 e. The fourth-order valence-electron chi connectivity index (χ4n) is 1.41. The number of nitrogen functional groups attached to an aromatic ring is 1. The SMILES string of the molecule is CS(=O)(=O)CCNS(=O)(=O)c1cc([N+](=O)[O-])ccc1NN. The number of nitro benzene ring substituents is 1. The van der Waals surface area contributed by atoms with Crippen LogP contribution in [0.1, 0.15) is 0 Å². The Hall–Kier alpha value is -1.76. The predicted octanol–water partition coefficient (Wildman–Crippen LogP) is -0.797. The van der Waals surface area contributed by atoms with Crippen molar-refractivity contribution in [2.45, 2.75) is 4.90 Å². The lowest BCUT2D eigenvalue weighted by atomic mass is 10.3. The van der Waals surface area contributed by atoms with Crippen molar-refractivity contribution in [2.75, 3.05) is 24.0 Å². The Morgan fingerprint density at radius 2 is 1.90 bits per heavy atom. The molecule has 0 saturated heterocycles. The molecule has 1 rings (SSSR count). The van der Waals surface area contributed by atoms with Gasteiger partial charge in [0.25, 0.3) is 5.69 Å². The maximum atomic E-state index is 12.0. The van der Waals surface area contributed by atoms with Gasteiger partial charge in [0.15, 0.2) is 0 Å². The van der Waals surface area contributed by atoms with E-state index in [1.54, 1.807) is 0 Å². The number of sulfonamides is 1. The van der Waals surface area contributed by atoms with Gasteiger partial charge in [-0.25, -0.2) is 21.6 Å². The van der Waals surface area contributed by atoms with Crippen molar-refractivity contribution < 1.29 is 21.8 Å². The van der Waals surface area contributed by atoms with Crippen LogP contribution in [0.5, 0.6) is 0 Å². The molecule has 0 saturated carbocycles. The quantitative estimate of drug-likeness (QED) is 0.331. The zero-order chi connectivity index (χ0) is 16.3. The summed E-state index contributed by atoms with van der Waals surface area (Å²) in [5, 5.41) is 10.7. The second-order valence-electron chi connectivity index (χ2n) is 4.11. The molecule has 0 spiro atoms. The monoisotopic (exact) mass is 338 g/mol. The molecule has 0 radical (unpaired) electrons. The van der Waals surface area contributed by atoms with Crippen molar-refractivity contribution in [3.63, 3.8) is 0 Å². The molecule has 12 heteroatoms. The summed E-state index contributed by atoms with van der Waals surface area (Å²) in [6, 6.07) is 3.06. The van der Waals surface area contributed by atoms with Gasteiger partial charge in [-0.05, 0) is 6.07 Å². The lowest BCUT2D eigenvalue weighted by Crippen LogP contribution is -2.30. The number of sulfone groups is 1. The molecular weight excluding hydrogens is 324 g/mol. The van der Waals surface area contributed by atoms with Crippen molar-refractivity contribution in [2.24, 2.45) is 5.84 Å². The third kappa shape index (κ3) is 4.93. The molecule has 0 aliphatic rings. The van der Waals surface area contributed by atoms with Gasteiger partial charge in [0, 0.05) is 24.9 Å². The number of nitro groups is 1. The van der Waals surface area contributed by atoms with E-state index in [1.807, 2.05) is 4.72 Å². The number of nitrogens with one attached hydrogen (secondary N) is 2. The van der Waals surface area contributed by atoms with Crippen LogP contribution in [-0.4, -0.2) is 40.3 Å². The van der Waals surface area contributed by atoms with E-state index in [4.69, 9.17) is 5.84 Å². The summed E-state index contributed by atoms with van der Waals surface area (Å²) in [7, 11) is -7.48. The molecular formula is C9H14N4O6S2. The van der Waals surface area contributed by atoms with Crippen LogP contribution in [0.3, 0.4) is 0 Å². The Bertz CT molecular complexity index is 744. The van der Waals surface area contributed by atoms with Crippen molar-refractivity contribution in [3.8, 4) is 0 Å². The molecule has 21 heavy (non-hydrogen) atoms. The van der Waals surface area contributed by atoms with Crippen LogP contribution >= 0.6 is 0 Å². The van der Waals surface area contributed by atoms with Crippen LogP contribution in [0.15, 0.2) is 23.1 Å². The summed E-state index contributed by atoms with van der Waals surface area (Å²) < 4.78 is 48.1. The topological polar surface area (TPSA) is 162 Å². The molecule has 0 aliphatic heterocycles. The first-order valence-corrected chi connectivity index (χ1v) is 9.03. The minimum atomic E-state index is -4.14. The zero-order valence-electron chi connectivity index (χ0n) is 10.9. The molecule has 118 valence electrons. The van der Waals surface area contributed by atoms with Crippen molar-refractivity contribution in [3.05, 3.63) is 28.3 Å². The van der Waals surface area contributed by atoms with E-state index in [0.717, 1.165) is 24.5 Å². The normalized spacial score (nSPS) is 12.1. The molecule has 0 fully saturated rings. The second kappa shape index (κ2) is 6.34. The second-order valence-corrected chi connectivity index (χ2v) is 8.10. The Balaban J connectivity index is 3.11. The van der Waals surface area contributed by atoms with Crippen LogP contribution in [0.25, 0.3) is 0 Å². The highest BCUT2D eigenvalue weighted by Crippen LogP contribution is 2.25. The van der Waals surface area contributed by atoms with E-state index in [2.05, 4.69) is 5.43 Å². The van der Waals surface area contributed by atoms with Crippen molar-refractivity contribution in [1.29, 1.82) is 0 Å². The standard InChI is InChI=1S/C9H14N4O6S2/c1-20(16,17)5-4-11-21(18,19)9-6-7(13(14)15)2-3-8(9)12-10/h2-3,6,11-12H,4-5,10H2,1H3. The molecule has 0 heterocycles. The number of nitrogens with zero attached hydrogens (tertiary/aromatic N) is 1. The molecule has 0 unspecified atom stereocenters. The summed E-state index contributed by atoms with van der Waals surface area (Å²) in [6.45, 7) is -0.353. The third-order valence-corrected chi connectivity index (χ3v) is 4.83. The van der Waals surface area contributed by atoms with E-state index in [9.17, 15) is 26.9 Å². The van der Waals surface area contributed by atoms with Crippen LogP contribution in [0.4, 0.5) is 11.4 Å². The Labute approximate surface area is 121 Å². The molecule has 0 atom stereocenters. The van der Waals surface area contributed by atoms with Gasteiger partial charge in [0.2, 0.25) is 10.0 Å². The first kappa shape index (κ1) is 17.3. The number of hydrazine groups is 1. The van der Waals surface area contributed by atoms with Gasteiger partial charge in [-0.15, -0.1) is 0 Å². The molecule has 0 bridgehead atoms. The van der Waals surface area contributed by atoms with Gasteiger partial charge in [-0.2, -0.15) is 0 Å². The minimum absolute atomic E-state index is 0.0487. The van der Waals surface area contributed by atoms with E-state index >= 15 is 0 Å². The van der Waals surface area contributed by atoms with Gasteiger partial charge in [0.1, 0.15) is 14.7 Å². The maximum absolute atomic E-state index is 12.0. The lowest BCUT2D eigenvalue weighted by Gasteiger charge is -2.10. The van der Waals surface area contributed by atoms with Gasteiger partial charge in [0.05, 0.1) is 16.4 Å². The summed E-state index contributed by atoms with van der Waals surface area (Å²) >= 11 is 0. The molecule has 0 amide bonds. The average Bonchev–Trinajstić information content (AvgIpc) is 2.36. The zero-order valence-corrected chi connectivity index (χ0v) is 12.6. The Kier molecular flexibility index (Phi) is 5.22. The first-order valence-electron chi connectivity index (χ1n) is 5.49. The summed E-state index contributed by atoms with van der Waals surface area (Å²) in [4.78, 5) is 9.49. The smallest absolute Gasteiger partial charge is 0.270 e. The van der Waals surface area contributed by atoms with Crippen LogP contribution < -0.4 is 16.0 Å². The highest BCUT2D eigenvalue weighted by molar-refractivity contribution is 7.91. The summed E-state index contributed by atoms with van der Waals surface area (Å²) in [5.41, 5.74) is 1.63. The minimum Gasteiger partial charge on any atom is -0.323 e. The van der Waals surface area contributed by atoms with Crippen LogP contribution in [0, 0.1) is 10.1 Å². The number of rotatable bonds is 7. The number of nitrogens with two attached hydrogens (primary N) is 1. The molecule has 10 nitrogen and oxygen atoms in total. The van der Waals surface area contributed by atoms with Crippen molar-refractivity contribution >= 4 is 31.2 Å². The van der Waals surface area contributed by atoms with Crippen LogP contribution in [-0.2, 0) is 19.9 Å². The van der Waals surface area contributed by atoms with Gasteiger partial charge in [-0.1, -0.05) is 0 Å². The highest BCUT2D eigenvalue weighted by Gasteiger charge is 2.22. The van der Waals surface area contributed by atoms with E-state index in [-0.39, 0.29) is 12.2 Å². The number of benzene rings is 1. The predicted molar refractivity (Wildman–Crippen MR) is 75.8 cm³/mol. The van der Waals surface area contributed by atoms with Gasteiger partial charge < -0.3 is 5.43 Å². The third-order valence-electron chi connectivity index (χ3n) is 2.39. The molecule has 4 N–H and O–H groups in total. The molecule has 0 aromatic heterocycles. The Morgan fingerprint density at radius 3 is 2.38 bits per heavy atom. The average molecular weight is 338 g/mol. The van der Waals surface area contributed by atoms with E-state index in [0.29, 0.717) is 0 Å². The lowest BCUT2D eigenvalue weighted by molar-refractivity contribution is -0.385. The molecule has 1 aromatic rings. The van der Waals surface area contributed by atoms with Crippen molar-refractivity contribution in [1.82, 2.24) is 4.72 Å². The van der Waals surface area contributed by atoms with Gasteiger partial charge >= 0.3 is 0 Å². The highest BCUT2D eigenvalue weighted by atomic mass is 32.2. The van der Waals surface area contributed by atoms with E-state index < -0.39 is 41.1 Å². The maximum Gasteiger partial charge on any atom is 0.270 e. The van der Waals surface area contributed by atoms with E-state index in [1.165, 1.54) is 0 Å². The summed E-state index contributed by atoms with van der Waals surface area (Å²) in [5.74, 6) is 4.77. The van der Waals surface area contributed by atoms with Crippen LogP contribution in [0.2, 0.25) is 0 Å². The Morgan fingerprint density at radius 1 is 1.29 bits per heavy atom. The number of anilines is 1. The summed E-state index contributed by atoms with van der Waals surface area (Å²) in [6.07, 6.45) is 0.960. The number of non-ortho nitro benzene ring substituents is 1.